The van der Waals surface area contributed by atoms with Crippen molar-refractivity contribution in [2.45, 2.75) is 6.92 Å². The lowest BCUT2D eigenvalue weighted by molar-refractivity contribution is 0.341. The van der Waals surface area contributed by atoms with Crippen LogP contribution in [0.4, 0.5) is 0 Å². The lowest BCUT2D eigenvalue weighted by atomic mass is 10.1. The molecule has 2 aromatic rings. The largest absolute Gasteiger partial charge is 0.494 e. The van der Waals surface area contributed by atoms with Crippen LogP contribution in [0.15, 0.2) is 36.4 Å². The predicted molar refractivity (Wildman–Crippen MR) is 69.8 cm³/mol. The first-order valence-corrected chi connectivity index (χ1v) is 5.67. The second-order valence-corrected chi connectivity index (χ2v) is 3.62. The minimum absolute atomic E-state index is 0.688. The molecule has 0 aromatic heterocycles. The number of halogens is 1. The van der Waals surface area contributed by atoms with Crippen molar-refractivity contribution in [2.24, 2.45) is 0 Å². The molecule has 0 aliphatic carbocycles. The van der Waals surface area contributed by atoms with E-state index in [9.17, 15) is 0 Å². The number of rotatable bonds is 3. The summed E-state index contributed by atoms with van der Waals surface area (Å²) in [4.78, 5) is 0. The van der Waals surface area contributed by atoms with Crippen molar-refractivity contribution in [1.29, 1.82) is 0 Å². The highest BCUT2D eigenvalue weighted by Gasteiger charge is 1.99. The molecule has 2 rings (SSSR count). The average molecular weight is 314 g/mol. The van der Waals surface area contributed by atoms with Gasteiger partial charge in [-0.15, -0.1) is 0 Å². The van der Waals surface area contributed by atoms with Crippen molar-refractivity contribution >= 4 is 33.8 Å². The Labute approximate surface area is 103 Å². The molecule has 3 heteroatoms. The Morgan fingerprint density at radius 3 is 2.33 bits per heavy atom. The van der Waals surface area contributed by atoms with Gasteiger partial charge in [-0.1, -0.05) is 12.1 Å². The third-order valence-corrected chi connectivity index (χ3v) is 2.69. The Hall–Kier alpha value is -0.970. The maximum Gasteiger partial charge on any atom is 0.192 e. The molecule has 2 aromatic carbocycles. The molecular weight excluding hydrogens is 303 g/mol. The molecule has 0 saturated heterocycles. The number of hydrogen-bond donors (Lipinski definition) is 0. The average Bonchev–Trinajstić information content (AvgIpc) is 2.28. The second-order valence-electron chi connectivity index (χ2n) is 3.18. The van der Waals surface area contributed by atoms with E-state index in [1.165, 1.54) is 5.39 Å². The van der Waals surface area contributed by atoms with E-state index in [4.69, 9.17) is 7.80 Å². The van der Waals surface area contributed by atoms with Gasteiger partial charge in [0.05, 0.1) is 6.61 Å². The van der Waals surface area contributed by atoms with Crippen LogP contribution in [-0.4, -0.2) is 6.61 Å². The zero-order chi connectivity index (χ0) is 10.7. The van der Waals surface area contributed by atoms with Crippen LogP contribution < -0.4 is 7.80 Å². The van der Waals surface area contributed by atoms with Crippen molar-refractivity contribution in [3.63, 3.8) is 0 Å². The fourth-order valence-corrected chi connectivity index (χ4v) is 1.78. The van der Waals surface area contributed by atoms with Crippen LogP contribution in [0.5, 0.6) is 11.5 Å². The van der Waals surface area contributed by atoms with E-state index in [1.807, 2.05) is 60.3 Å². The normalized spacial score (nSPS) is 10.3. The van der Waals surface area contributed by atoms with Gasteiger partial charge < -0.3 is 7.80 Å². The molecule has 0 spiro atoms. The monoisotopic (exact) mass is 314 g/mol. The summed E-state index contributed by atoms with van der Waals surface area (Å²) in [6.07, 6.45) is 0. The molecule has 15 heavy (non-hydrogen) atoms. The molecule has 0 bridgehead atoms. The first-order valence-electron chi connectivity index (χ1n) is 4.78. The van der Waals surface area contributed by atoms with Gasteiger partial charge in [0.1, 0.15) is 11.5 Å². The van der Waals surface area contributed by atoms with Gasteiger partial charge in [0.15, 0.2) is 23.0 Å². The smallest absolute Gasteiger partial charge is 0.192 e. The van der Waals surface area contributed by atoms with Gasteiger partial charge in [-0.3, -0.25) is 0 Å². The molecule has 78 valence electrons. The van der Waals surface area contributed by atoms with Crippen LogP contribution in [0.1, 0.15) is 6.92 Å². The van der Waals surface area contributed by atoms with E-state index in [2.05, 4.69) is 6.07 Å². The van der Waals surface area contributed by atoms with Crippen LogP contribution in [0.3, 0.4) is 0 Å². The maximum atomic E-state index is 5.44. The zero-order valence-electron chi connectivity index (χ0n) is 8.37. The fourth-order valence-electron chi connectivity index (χ4n) is 1.51. The third-order valence-electron chi connectivity index (χ3n) is 2.18. The van der Waals surface area contributed by atoms with Gasteiger partial charge in [0, 0.05) is 0 Å². The maximum absolute atomic E-state index is 5.44. The Bertz CT molecular complexity index is 468. The van der Waals surface area contributed by atoms with E-state index in [1.54, 1.807) is 0 Å². The van der Waals surface area contributed by atoms with Crippen molar-refractivity contribution < 1.29 is 7.80 Å². The molecule has 0 aliphatic heterocycles. The standard InChI is InChI=1S/C12H11IO2/c1-2-14-11-5-3-9-4-6-12(15-13)8-10(9)7-11/h3-8H,2H2,1H3. The first-order chi connectivity index (χ1) is 7.33. The van der Waals surface area contributed by atoms with Crippen molar-refractivity contribution in [2.75, 3.05) is 6.61 Å². The fraction of sp³-hybridized carbons (Fsp3) is 0.167. The summed E-state index contributed by atoms with van der Waals surface area (Å²) < 4.78 is 10.6. The lowest BCUT2D eigenvalue weighted by Gasteiger charge is -2.05. The quantitative estimate of drug-likeness (QED) is 0.798. The zero-order valence-corrected chi connectivity index (χ0v) is 10.5. The summed E-state index contributed by atoms with van der Waals surface area (Å²) in [5.74, 6) is 1.76. The van der Waals surface area contributed by atoms with Crippen LogP contribution in [-0.2, 0) is 0 Å². The van der Waals surface area contributed by atoms with E-state index in [-0.39, 0.29) is 0 Å². The van der Waals surface area contributed by atoms with E-state index < -0.39 is 0 Å². The van der Waals surface area contributed by atoms with Crippen LogP contribution >= 0.6 is 23.0 Å². The number of fused-ring (bicyclic) bond motifs is 1. The summed E-state index contributed by atoms with van der Waals surface area (Å²) >= 11 is 1.88. The molecule has 0 aliphatic rings. The van der Waals surface area contributed by atoms with Gasteiger partial charge in [-0.2, -0.15) is 0 Å². The number of ether oxygens (including phenoxy) is 1. The molecule has 0 saturated carbocycles. The third kappa shape index (κ3) is 2.34. The van der Waals surface area contributed by atoms with Gasteiger partial charge in [0.25, 0.3) is 0 Å². The van der Waals surface area contributed by atoms with Gasteiger partial charge in [-0.05, 0) is 42.0 Å². The summed E-state index contributed by atoms with van der Waals surface area (Å²) in [7, 11) is 0. The Morgan fingerprint density at radius 1 is 1.00 bits per heavy atom. The van der Waals surface area contributed by atoms with Crippen molar-refractivity contribution in [1.82, 2.24) is 0 Å². The van der Waals surface area contributed by atoms with E-state index in [0.717, 1.165) is 16.9 Å². The molecule has 0 amide bonds. The predicted octanol–water partition coefficient (Wildman–Crippen LogP) is 3.97. The van der Waals surface area contributed by atoms with Gasteiger partial charge in [0.2, 0.25) is 0 Å². The molecule has 0 N–H and O–H groups in total. The summed E-state index contributed by atoms with van der Waals surface area (Å²) in [6.45, 7) is 2.67. The topological polar surface area (TPSA) is 18.5 Å². The molecule has 0 unspecified atom stereocenters. The molecular formula is C12H11IO2. The van der Waals surface area contributed by atoms with Crippen LogP contribution in [0.2, 0.25) is 0 Å². The summed E-state index contributed by atoms with van der Waals surface area (Å²) in [5.41, 5.74) is 0. The first kappa shape index (κ1) is 10.5. The highest BCUT2D eigenvalue weighted by Crippen LogP contribution is 2.25. The van der Waals surface area contributed by atoms with Gasteiger partial charge >= 0.3 is 0 Å². The summed E-state index contributed by atoms with van der Waals surface area (Å²) in [5, 5.41) is 2.32. The lowest BCUT2D eigenvalue weighted by Crippen LogP contribution is -1.90. The van der Waals surface area contributed by atoms with Crippen molar-refractivity contribution in [3.05, 3.63) is 36.4 Å². The highest BCUT2D eigenvalue weighted by atomic mass is 127. The molecule has 0 heterocycles. The Kier molecular flexibility index (Phi) is 3.30. The second kappa shape index (κ2) is 4.70. The highest BCUT2D eigenvalue weighted by molar-refractivity contribution is 14.1. The number of hydrogen-bond acceptors (Lipinski definition) is 2. The molecule has 0 fully saturated rings. The summed E-state index contributed by atoms with van der Waals surface area (Å²) in [6, 6.07) is 12.1. The van der Waals surface area contributed by atoms with Crippen molar-refractivity contribution in [3.8, 4) is 11.5 Å². The van der Waals surface area contributed by atoms with Crippen LogP contribution in [0, 0.1) is 0 Å². The van der Waals surface area contributed by atoms with E-state index in [0.29, 0.717) is 6.61 Å². The number of benzene rings is 2. The molecule has 0 radical (unpaired) electrons. The van der Waals surface area contributed by atoms with Gasteiger partial charge in [-0.25, -0.2) is 0 Å². The minimum Gasteiger partial charge on any atom is -0.494 e. The molecule has 0 atom stereocenters. The van der Waals surface area contributed by atoms with E-state index >= 15 is 0 Å². The Morgan fingerprint density at radius 2 is 1.67 bits per heavy atom. The van der Waals surface area contributed by atoms with Crippen LogP contribution in [0.25, 0.3) is 10.8 Å². The molecule has 2 nitrogen and oxygen atoms in total. The SMILES string of the molecule is CCOc1ccc2ccc(OI)cc2c1. The Balaban J connectivity index is 2.48. The minimum atomic E-state index is 0.688.